The number of alkyl halides is 2. The molecule has 1 aromatic carbocycles. The van der Waals surface area contributed by atoms with Crippen molar-refractivity contribution >= 4 is 5.69 Å². The van der Waals surface area contributed by atoms with Gasteiger partial charge in [0.25, 0.3) is 0 Å². The Kier molecular flexibility index (Phi) is 4.59. The Balaban J connectivity index is 1.87. The average molecular weight is 326 g/mol. The summed E-state index contributed by atoms with van der Waals surface area (Å²) in [6.07, 6.45) is 1.60. The molecular formula is C18H25F3N2. The van der Waals surface area contributed by atoms with Crippen molar-refractivity contribution in [3.8, 4) is 0 Å². The maximum atomic E-state index is 14.2. The molecule has 0 unspecified atom stereocenters. The Bertz CT molecular complexity index is 559. The molecule has 1 aromatic rings. The van der Waals surface area contributed by atoms with E-state index in [2.05, 4.69) is 24.1 Å². The number of benzene rings is 1. The zero-order valence-electron chi connectivity index (χ0n) is 13.8. The van der Waals surface area contributed by atoms with E-state index in [1.165, 1.54) is 25.0 Å². The summed E-state index contributed by atoms with van der Waals surface area (Å²) < 4.78 is 39.2. The summed E-state index contributed by atoms with van der Waals surface area (Å²) in [4.78, 5) is 2.27. The molecule has 0 spiro atoms. The van der Waals surface area contributed by atoms with E-state index in [9.17, 15) is 13.2 Å². The maximum absolute atomic E-state index is 14.2. The van der Waals surface area contributed by atoms with Gasteiger partial charge in [-0.1, -0.05) is 18.9 Å². The van der Waals surface area contributed by atoms with Crippen LogP contribution in [0.4, 0.5) is 18.9 Å². The molecule has 0 amide bonds. The van der Waals surface area contributed by atoms with Gasteiger partial charge in [-0.3, -0.25) is 0 Å². The monoisotopic (exact) mass is 326 g/mol. The quantitative estimate of drug-likeness (QED) is 0.898. The van der Waals surface area contributed by atoms with Gasteiger partial charge >= 0.3 is 0 Å². The minimum Gasteiger partial charge on any atom is -0.365 e. The third-order valence-electron chi connectivity index (χ3n) is 5.01. The second-order valence-corrected chi connectivity index (χ2v) is 7.49. The van der Waals surface area contributed by atoms with Gasteiger partial charge in [-0.25, -0.2) is 13.2 Å². The van der Waals surface area contributed by atoms with Crippen LogP contribution in [0.2, 0.25) is 0 Å². The fourth-order valence-corrected chi connectivity index (χ4v) is 4.07. The van der Waals surface area contributed by atoms with Gasteiger partial charge in [0.1, 0.15) is 5.82 Å². The lowest BCUT2D eigenvalue weighted by Gasteiger charge is -2.52. The molecule has 2 aliphatic rings. The van der Waals surface area contributed by atoms with E-state index in [4.69, 9.17) is 0 Å². The van der Waals surface area contributed by atoms with E-state index in [0.29, 0.717) is 12.1 Å². The minimum absolute atomic E-state index is 0.0450. The average Bonchev–Trinajstić information content (AvgIpc) is 2.47. The van der Waals surface area contributed by atoms with Crippen LogP contribution in [0.15, 0.2) is 18.2 Å². The van der Waals surface area contributed by atoms with Crippen LogP contribution in [0.5, 0.6) is 0 Å². The van der Waals surface area contributed by atoms with Crippen molar-refractivity contribution in [2.45, 2.75) is 70.0 Å². The first-order valence-corrected chi connectivity index (χ1v) is 8.47. The Morgan fingerprint density at radius 1 is 1.26 bits per heavy atom. The van der Waals surface area contributed by atoms with E-state index < -0.39 is 18.7 Å². The van der Waals surface area contributed by atoms with E-state index in [0.717, 1.165) is 25.1 Å². The molecule has 1 aliphatic heterocycles. The highest BCUT2D eigenvalue weighted by molar-refractivity contribution is 5.51. The van der Waals surface area contributed by atoms with Gasteiger partial charge in [0.05, 0.1) is 0 Å². The number of halogens is 3. The molecule has 3 rings (SSSR count). The largest absolute Gasteiger partial charge is 0.365 e. The predicted octanol–water partition coefficient (Wildman–Crippen LogP) is 4.13. The van der Waals surface area contributed by atoms with Crippen molar-refractivity contribution in [1.82, 2.24) is 5.32 Å². The first-order valence-electron chi connectivity index (χ1n) is 8.47. The molecule has 2 nitrogen and oxygen atoms in total. The Hall–Kier alpha value is -1.23. The second kappa shape index (κ2) is 6.34. The highest BCUT2D eigenvalue weighted by Crippen LogP contribution is 2.34. The van der Waals surface area contributed by atoms with Crippen molar-refractivity contribution < 1.29 is 13.2 Å². The lowest BCUT2D eigenvalue weighted by molar-refractivity contribution is 0.148. The highest BCUT2D eigenvalue weighted by atomic mass is 19.3. The van der Waals surface area contributed by atoms with Crippen molar-refractivity contribution in [1.29, 1.82) is 0 Å². The van der Waals surface area contributed by atoms with Gasteiger partial charge in [-0.05, 0) is 44.4 Å². The van der Waals surface area contributed by atoms with Gasteiger partial charge in [-0.2, -0.15) is 0 Å². The van der Waals surface area contributed by atoms with Gasteiger partial charge in [-0.15, -0.1) is 0 Å². The van der Waals surface area contributed by atoms with Crippen molar-refractivity contribution in [2.24, 2.45) is 0 Å². The van der Waals surface area contributed by atoms with Crippen molar-refractivity contribution in [3.05, 3.63) is 29.6 Å². The SMILES string of the molecule is CC1(C)CN(c2ccc(CC(F)F)c(F)c2)[C@@H]2CCCC[C@H]2N1. The van der Waals surface area contributed by atoms with Crippen LogP contribution >= 0.6 is 0 Å². The first kappa shape index (κ1) is 16.6. The van der Waals surface area contributed by atoms with Gasteiger partial charge in [0.15, 0.2) is 0 Å². The first-order chi connectivity index (χ1) is 10.9. The van der Waals surface area contributed by atoms with Crippen LogP contribution in [0, 0.1) is 5.82 Å². The summed E-state index contributed by atoms with van der Waals surface area (Å²) in [6, 6.07) is 5.52. The number of rotatable bonds is 3. The van der Waals surface area contributed by atoms with Crippen LogP contribution in [-0.2, 0) is 6.42 Å². The van der Waals surface area contributed by atoms with Crippen molar-refractivity contribution in [2.75, 3.05) is 11.4 Å². The molecule has 23 heavy (non-hydrogen) atoms. The highest BCUT2D eigenvalue weighted by Gasteiger charge is 2.40. The summed E-state index contributed by atoms with van der Waals surface area (Å²) in [5.74, 6) is -0.522. The van der Waals surface area contributed by atoms with Gasteiger partial charge in [0.2, 0.25) is 6.43 Å². The molecule has 0 bridgehead atoms. The van der Waals surface area contributed by atoms with E-state index >= 15 is 0 Å². The topological polar surface area (TPSA) is 15.3 Å². The zero-order chi connectivity index (χ0) is 16.6. The number of nitrogens with zero attached hydrogens (tertiary/aromatic N) is 1. The van der Waals surface area contributed by atoms with E-state index in [1.807, 2.05) is 0 Å². The van der Waals surface area contributed by atoms with Crippen molar-refractivity contribution in [3.63, 3.8) is 0 Å². The van der Waals surface area contributed by atoms with Crippen LogP contribution in [0.1, 0.15) is 45.1 Å². The molecule has 1 saturated heterocycles. The number of nitrogens with one attached hydrogen (secondary N) is 1. The third kappa shape index (κ3) is 3.65. The molecule has 128 valence electrons. The summed E-state index contributed by atoms with van der Waals surface area (Å²) in [7, 11) is 0. The van der Waals surface area contributed by atoms with Crippen LogP contribution in [-0.4, -0.2) is 30.6 Å². The molecule has 0 radical (unpaired) electrons. The fraction of sp³-hybridized carbons (Fsp3) is 0.667. The maximum Gasteiger partial charge on any atom is 0.242 e. The minimum atomic E-state index is -2.52. The lowest BCUT2D eigenvalue weighted by atomic mass is 9.83. The van der Waals surface area contributed by atoms with E-state index in [1.54, 1.807) is 6.07 Å². The summed E-state index contributed by atoms with van der Waals surface area (Å²) >= 11 is 0. The van der Waals surface area contributed by atoms with E-state index in [-0.39, 0.29) is 11.1 Å². The smallest absolute Gasteiger partial charge is 0.242 e. The molecule has 1 N–H and O–H groups in total. The normalized spacial score (nSPS) is 27.1. The number of hydrogen-bond donors (Lipinski definition) is 1. The number of anilines is 1. The van der Waals surface area contributed by atoms with Crippen LogP contribution < -0.4 is 10.2 Å². The Morgan fingerprint density at radius 3 is 2.70 bits per heavy atom. The number of piperazine rings is 1. The molecular weight excluding hydrogens is 301 g/mol. The molecule has 0 aromatic heterocycles. The van der Waals surface area contributed by atoms with Gasteiger partial charge in [0, 0.05) is 36.3 Å². The molecule has 1 heterocycles. The zero-order valence-corrected chi connectivity index (χ0v) is 13.8. The molecule has 1 saturated carbocycles. The Labute approximate surface area is 136 Å². The molecule has 1 aliphatic carbocycles. The third-order valence-corrected chi connectivity index (χ3v) is 5.01. The molecule has 2 fully saturated rings. The summed E-state index contributed by atoms with van der Waals surface area (Å²) in [6.45, 7) is 5.11. The fourth-order valence-electron chi connectivity index (χ4n) is 4.07. The second-order valence-electron chi connectivity index (χ2n) is 7.49. The standard InChI is InChI=1S/C18H25F3N2/c1-18(2)11-23(16-6-4-3-5-15(16)22-18)13-8-7-12(9-17(20)21)14(19)10-13/h7-8,10,15-17,22H,3-6,9,11H2,1-2H3/t15-,16-/m1/s1. The predicted molar refractivity (Wildman–Crippen MR) is 86.7 cm³/mol. The van der Waals surface area contributed by atoms with Gasteiger partial charge < -0.3 is 10.2 Å². The molecule has 2 atom stereocenters. The number of hydrogen-bond acceptors (Lipinski definition) is 2. The summed E-state index contributed by atoms with van der Waals surface area (Å²) in [5.41, 5.74) is 0.863. The summed E-state index contributed by atoms with van der Waals surface area (Å²) in [5, 5.41) is 3.71. The van der Waals surface area contributed by atoms with Crippen LogP contribution in [0.3, 0.4) is 0 Å². The van der Waals surface area contributed by atoms with Crippen LogP contribution in [0.25, 0.3) is 0 Å². The Morgan fingerprint density at radius 2 is 2.00 bits per heavy atom. The molecule has 5 heteroatoms. The lowest BCUT2D eigenvalue weighted by Crippen LogP contribution is -2.67. The number of fused-ring (bicyclic) bond motifs is 1.